The highest BCUT2D eigenvalue weighted by molar-refractivity contribution is 5.06. The second kappa shape index (κ2) is 5.69. The molecule has 1 saturated carbocycles. The maximum Gasteiger partial charge on any atom is 0.105 e. The molecular formula is C14H23NO2. The predicted molar refractivity (Wildman–Crippen MR) is 68.1 cm³/mol. The molecule has 1 aromatic rings. The van der Waals surface area contributed by atoms with Crippen molar-refractivity contribution in [2.24, 2.45) is 0 Å². The van der Waals surface area contributed by atoms with Gasteiger partial charge in [-0.05, 0) is 31.5 Å². The van der Waals surface area contributed by atoms with Crippen molar-refractivity contribution < 1.29 is 9.15 Å². The first-order valence-electron chi connectivity index (χ1n) is 6.61. The second-order valence-electron chi connectivity index (χ2n) is 4.87. The van der Waals surface area contributed by atoms with Crippen molar-refractivity contribution in [3.05, 3.63) is 24.2 Å². The molecule has 17 heavy (non-hydrogen) atoms. The lowest BCUT2D eigenvalue weighted by Crippen LogP contribution is -2.51. The number of likely N-dealkylation sites (N-methyl/N-ethyl adjacent to an activating group) is 1. The minimum atomic E-state index is 0.00278. The third-order valence-corrected chi connectivity index (χ3v) is 3.93. The van der Waals surface area contributed by atoms with E-state index in [0.717, 1.165) is 31.6 Å². The third-order valence-electron chi connectivity index (χ3n) is 3.93. The minimum absolute atomic E-state index is 0.00278. The van der Waals surface area contributed by atoms with Crippen LogP contribution in [0.3, 0.4) is 0 Å². The Morgan fingerprint density at radius 3 is 2.76 bits per heavy atom. The van der Waals surface area contributed by atoms with Crippen molar-refractivity contribution in [3.63, 3.8) is 0 Å². The van der Waals surface area contributed by atoms with Crippen molar-refractivity contribution in [3.8, 4) is 0 Å². The van der Waals surface area contributed by atoms with Crippen LogP contribution >= 0.6 is 0 Å². The van der Waals surface area contributed by atoms with Gasteiger partial charge >= 0.3 is 0 Å². The van der Waals surface area contributed by atoms with Gasteiger partial charge in [-0.1, -0.05) is 19.8 Å². The molecule has 1 atom stereocenters. The summed E-state index contributed by atoms with van der Waals surface area (Å²) < 4.78 is 11.3. The maximum absolute atomic E-state index is 5.86. The first kappa shape index (κ1) is 12.7. The highest BCUT2D eigenvalue weighted by atomic mass is 16.5. The monoisotopic (exact) mass is 237 g/mol. The molecule has 0 aromatic carbocycles. The Bertz CT molecular complexity index is 315. The summed E-state index contributed by atoms with van der Waals surface area (Å²) in [5, 5.41) is 3.57. The molecule has 0 amide bonds. The Morgan fingerprint density at radius 2 is 2.24 bits per heavy atom. The van der Waals surface area contributed by atoms with Crippen molar-refractivity contribution >= 4 is 0 Å². The summed E-state index contributed by atoms with van der Waals surface area (Å²) in [6.45, 7) is 3.12. The topological polar surface area (TPSA) is 34.4 Å². The largest absolute Gasteiger partial charge is 0.469 e. The molecule has 0 aliphatic heterocycles. The molecule has 0 spiro atoms. The molecule has 1 aliphatic rings. The van der Waals surface area contributed by atoms with Gasteiger partial charge in [0, 0.05) is 19.6 Å². The van der Waals surface area contributed by atoms with Crippen molar-refractivity contribution in [1.82, 2.24) is 5.32 Å². The number of methoxy groups -OCH3 is 1. The molecule has 2 rings (SSSR count). The van der Waals surface area contributed by atoms with E-state index in [1.165, 1.54) is 12.8 Å². The number of hydrogen-bond acceptors (Lipinski definition) is 3. The lowest BCUT2D eigenvalue weighted by atomic mass is 9.89. The van der Waals surface area contributed by atoms with Crippen molar-refractivity contribution in [2.75, 3.05) is 13.7 Å². The Kier molecular flexibility index (Phi) is 4.24. The van der Waals surface area contributed by atoms with Crippen LogP contribution < -0.4 is 5.32 Å². The summed E-state index contributed by atoms with van der Waals surface area (Å²) in [6, 6.07) is 4.35. The smallest absolute Gasteiger partial charge is 0.105 e. The standard InChI is InChI=1S/C14H23NO2/c1-3-15-13(11-12-7-6-10-17-12)14(16-2)8-4-5-9-14/h6-7,10,13,15H,3-5,8-9,11H2,1-2H3. The molecule has 1 unspecified atom stereocenters. The van der Waals surface area contributed by atoms with Gasteiger partial charge in [-0.25, -0.2) is 0 Å². The highest BCUT2D eigenvalue weighted by Gasteiger charge is 2.41. The van der Waals surface area contributed by atoms with Crippen LogP contribution in [0.5, 0.6) is 0 Å². The van der Waals surface area contributed by atoms with Crippen molar-refractivity contribution in [1.29, 1.82) is 0 Å². The summed E-state index contributed by atoms with van der Waals surface area (Å²) in [6.07, 6.45) is 7.51. The van der Waals surface area contributed by atoms with Gasteiger partial charge in [0.1, 0.15) is 5.76 Å². The van der Waals surface area contributed by atoms with E-state index in [-0.39, 0.29) is 5.60 Å². The van der Waals surface area contributed by atoms with E-state index in [9.17, 15) is 0 Å². The molecule has 1 fully saturated rings. The van der Waals surface area contributed by atoms with Crippen LogP contribution in [-0.2, 0) is 11.2 Å². The quantitative estimate of drug-likeness (QED) is 0.826. The van der Waals surface area contributed by atoms with Gasteiger partial charge in [-0.15, -0.1) is 0 Å². The lowest BCUT2D eigenvalue weighted by molar-refractivity contribution is -0.0362. The zero-order chi connectivity index (χ0) is 12.1. The van der Waals surface area contributed by atoms with Crippen LogP contribution in [0.2, 0.25) is 0 Å². The average Bonchev–Trinajstić information content (AvgIpc) is 3.00. The van der Waals surface area contributed by atoms with Crippen LogP contribution in [0.4, 0.5) is 0 Å². The zero-order valence-corrected chi connectivity index (χ0v) is 10.9. The van der Waals surface area contributed by atoms with Gasteiger partial charge in [-0.3, -0.25) is 0 Å². The third kappa shape index (κ3) is 2.72. The number of furan rings is 1. The Morgan fingerprint density at radius 1 is 1.47 bits per heavy atom. The fourth-order valence-electron chi connectivity index (χ4n) is 2.99. The lowest BCUT2D eigenvalue weighted by Gasteiger charge is -2.36. The van der Waals surface area contributed by atoms with Gasteiger partial charge in [0.2, 0.25) is 0 Å². The van der Waals surface area contributed by atoms with Gasteiger partial charge in [-0.2, -0.15) is 0 Å². The van der Waals surface area contributed by atoms with Gasteiger partial charge < -0.3 is 14.5 Å². The summed E-state index contributed by atoms with van der Waals surface area (Å²) in [5.74, 6) is 1.04. The van der Waals surface area contributed by atoms with Gasteiger partial charge in [0.15, 0.2) is 0 Å². The van der Waals surface area contributed by atoms with E-state index in [1.807, 2.05) is 19.2 Å². The number of hydrogen-bond donors (Lipinski definition) is 1. The first-order valence-corrected chi connectivity index (χ1v) is 6.61. The van der Waals surface area contributed by atoms with Gasteiger partial charge in [0.05, 0.1) is 11.9 Å². The van der Waals surface area contributed by atoms with E-state index in [1.54, 1.807) is 6.26 Å². The van der Waals surface area contributed by atoms with Crippen LogP contribution in [0.1, 0.15) is 38.4 Å². The highest BCUT2D eigenvalue weighted by Crippen LogP contribution is 2.36. The Hall–Kier alpha value is -0.800. The summed E-state index contributed by atoms with van der Waals surface area (Å²) >= 11 is 0. The SMILES string of the molecule is CCNC(Cc1ccco1)C1(OC)CCCC1. The van der Waals surface area contributed by atoms with Crippen molar-refractivity contribution in [2.45, 2.75) is 50.7 Å². The maximum atomic E-state index is 5.86. The number of nitrogens with one attached hydrogen (secondary N) is 1. The summed E-state index contributed by atoms with van der Waals surface area (Å²) in [7, 11) is 1.85. The average molecular weight is 237 g/mol. The molecule has 3 heteroatoms. The van der Waals surface area contributed by atoms with Crippen LogP contribution in [0.15, 0.2) is 22.8 Å². The van der Waals surface area contributed by atoms with Crippen LogP contribution in [-0.4, -0.2) is 25.3 Å². The Balaban J connectivity index is 2.09. The summed E-state index contributed by atoms with van der Waals surface area (Å²) in [4.78, 5) is 0. The number of rotatable bonds is 6. The molecule has 96 valence electrons. The fourth-order valence-corrected chi connectivity index (χ4v) is 2.99. The van der Waals surface area contributed by atoms with E-state index in [0.29, 0.717) is 6.04 Å². The molecule has 1 N–H and O–H groups in total. The molecular weight excluding hydrogens is 214 g/mol. The second-order valence-corrected chi connectivity index (χ2v) is 4.87. The van der Waals surface area contributed by atoms with Gasteiger partial charge in [0.25, 0.3) is 0 Å². The molecule has 0 saturated heterocycles. The van der Waals surface area contributed by atoms with Crippen LogP contribution in [0, 0.1) is 0 Å². The van der Waals surface area contributed by atoms with E-state index in [4.69, 9.17) is 9.15 Å². The zero-order valence-electron chi connectivity index (χ0n) is 10.9. The molecule has 0 bridgehead atoms. The normalized spacial score (nSPS) is 20.6. The van der Waals surface area contributed by atoms with Crippen LogP contribution in [0.25, 0.3) is 0 Å². The molecule has 1 aliphatic carbocycles. The molecule has 3 nitrogen and oxygen atoms in total. The molecule has 1 heterocycles. The molecule has 1 aromatic heterocycles. The predicted octanol–water partition coefficient (Wildman–Crippen LogP) is 2.76. The first-order chi connectivity index (χ1) is 8.30. The molecule has 0 radical (unpaired) electrons. The van der Waals surface area contributed by atoms with E-state index in [2.05, 4.69) is 12.2 Å². The minimum Gasteiger partial charge on any atom is -0.469 e. The Labute approximate surface area is 104 Å². The number of ether oxygens (including phenoxy) is 1. The van der Waals surface area contributed by atoms with E-state index < -0.39 is 0 Å². The fraction of sp³-hybridized carbons (Fsp3) is 0.714. The van der Waals surface area contributed by atoms with E-state index >= 15 is 0 Å². The summed E-state index contributed by atoms with van der Waals surface area (Å²) in [5.41, 5.74) is 0.00278.